The van der Waals surface area contributed by atoms with Crippen LogP contribution in [0, 0.1) is 64.6 Å². The Morgan fingerprint density at radius 1 is 0.704 bits per heavy atom. The third kappa shape index (κ3) is 14.4. The molecular formula is C47H56BCl2IN8O9S2U. The number of rotatable bonds is 13. The Morgan fingerprint density at radius 3 is 1.39 bits per heavy atom. The van der Waals surface area contributed by atoms with E-state index in [4.69, 9.17) is 45.6 Å². The number of benzene rings is 2. The van der Waals surface area contributed by atoms with Crippen LogP contribution in [0.25, 0.3) is 11.6 Å². The van der Waals surface area contributed by atoms with Crippen molar-refractivity contribution in [2.45, 2.75) is 65.2 Å². The van der Waals surface area contributed by atoms with Gasteiger partial charge < -0.3 is 14.6 Å². The van der Waals surface area contributed by atoms with Gasteiger partial charge in [-0.15, -0.1) is 10.2 Å². The minimum Gasteiger partial charge on any atom is -0.478 e. The van der Waals surface area contributed by atoms with E-state index in [9.17, 15) is 26.4 Å². The van der Waals surface area contributed by atoms with Gasteiger partial charge >= 0.3 is 5.97 Å². The maximum Gasteiger partial charge on any atom is 0.338 e. The summed E-state index contributed by atoms with van der Waals surface area (Å²) >= 11 is 14.0. The van der Waals surface area contributed by atoms with Crippen molar-refractivity contribution < 1.29 is 73.5 Å². The molecule has 0 aliphatic heterocycles. The smallest absolute Gasteiger partial charge is 0.338 e. The van der Waals surface area contributed by atoms with Crippen LogP contribution in [0.3, 0.4) is 0 Å². The van der Waals surface area contributed by atoms with Crippen molar-refractivity contribution in [3.8, 4) is 23.4 Å². The molecule has 0 spiro atoms. The molecule has 0 atom stereocenters. The summed E-state index contributed by atoms with van der Waals surface area (Å²) in [6, 6.07) is 24.9. The molecule has 24 heteroatoms. The van der Waals surface area contributed by atoms with Crippen molar-refractivity contribution in [3.05, 3.63) is 131 Å². The number of carboxylic acid groups (broad SMARTS) is 1. The normalized spacial score (nSPS) is 16.0. The molecule has 4 N–H and O–H groups in total. The number of nitrogens with zero attached hydrogens (tertiary/aromatic N) is 6. The number of alkyl halides is 1. The largest absolute Gasteiger partial charge is 0.478 e. The molecule has 2 aromatic carbocycles. The van der Waals surface area contributed by atoms with Crippen LogP contribution in [0.15, 0.2) is 119 Å². The van der Waals surface area contributed by atoms with E-state index in [1.807, 2.05) is 27.3 Å². The number of pyridine rings is 2. The maximum atomic E-state index is 12.5. The van der Waals surface area contributed by atoms with E-state index < -0.39 is 31.9 Å². The standard InChI is InChI=1S/C23H25ClN4O4S.C17H20ClN3O3.C6H7NO2S.CH3I.BH.U/c1-22(2)17(23(22,3)4)14-32-19-12-13-28(26-19)18-11-10-16(20(24)25-18)21(29)27-33(30,31)15-8-6-5-7-9-15;1-16(2)11(17(16,3)4)9-24-13-7-8-21(20-13)12-6-5-10(15(22)23)14(18)19-12;7-10(8,9)6-4-2-1-3-5-6;1-2;;/h5-13,17H,14H2,1-4H3,(H,27,29);5-8,11H,9H2,1-4H3,(H,22,23);1-5H,(H2,7,8,9);1H3;1H;/i;;;2*1D;. The Labute approximate surface area is 467 Å². The number of hydrogen-bond acceptors (Lipinski definition) is 12. The van der Waals surface area contributed by atoms with Crippen molar-refractivity contribution in [3.63, 3.8) is 0 Å². The van der Waals surface area contributed by atoms with Crippen molar-refractivity contribution >= 4 is 86.1 Å². The number of nitrogens with two attached hydrogens (primary N) is 1. The molecular weight excluding hydrogens is 1330 g/mol. The minimum atomic E-state index is -4.03. The van der Waals surface area contributed by atoms with Gasteiger partial charge in [-0.1, -0.05) is 138 Å². The fourth-order valence-corrected chi connectivity index (χ4v) is 9.73. The van der Waals surface area contributed by atoms with Crippen molar-refractivity contribution in [1.29, 1.82) is 1.34 Å². The first kappa shape index (κ1) is 57.9. The molecule has 6 aromatic rings. The van der Waals surface area contributed by atoms with Gasteiger partial charge in [0, 0.05) is 77.2 Å². The van der Waals surface area contributed by atoms with E-state index in [1.54, 1.807) is 67.0 Å². The second-order valence-corrected chi connectivity index (χ2v) is 22.2. The molecule has 2 radical (unpaired) electrons. The zero-order valence-corrected chi connectivity index (χ0v) is 49.6. The van der Waals surface area contributed by atoms with Crippen LogP contribution in [0.4, 0.5) is 0 Å². The van der Waals surface area contributed by atoms with Gasteiger partial charge in [-0.2, -0.15) is 0 Å². The predicted molar refractivity (Wildman–Crippen MR) is 279 cm³/mol. The Bertz CT molecular complexity index is 3020. The number of amides is 1. The second-order valence-electron chi connectivity index (χ2n) is 18.2. The number of nitrogens with one attached hydrogen (secondary N) is 1. The molecule has 0 unspecified atom stereocenters. The van der Waals surface area contributed by atoms with Gasteiger partial charge in [0.25, 0.3) is 15.9 Å². The van der Waals surface area contributed by atoms with Crippen molar-refractivity contribution in [2.24, 2.45) is 38.6 Å². The van der Waals surface area contributed by atoms with Crippen LogP contribution < -0.4 is 19.3 Å². The molecule has 4 aromatic heterocycles. The molecule has 8 rings (SSSR count). The number of aromatic carboxylic acids is 1. The van der Waals surface area contributed by atoms with E-state index in [0.29, 0.717) is 53.4 Å². The number of aromatic nitrogens is 6. The van der Waals surface area contributed by atoms with E-state index >= 15 is 0 Å². The van der Waals surface area contributed by atoms with Gasteiger partial charge in [-0.05, 0) is 76.4 Å². The summed E-state index contributed by atoms with van der Waals surface area (Å²) in [6.45, 7) is 19.1. The molecule has 378 valence electrons. The number of halogens is 3. The fourth-order valence-electron chi connectivity index (χ4n) is 7.74. The minimum absolute atomic E-state index is 0. The average molecular weight is 1390 g/mol. The monoisotopic (exact) mass is 1390 g/mol. The van der Waals surface area contributed by atoms with Gasteiger partial charge in [0.2, 0.25) is 21.8 Å². The Hall–Kier alpha value is -4.01. The molecule has 71 heavy (non-hydrogen) atoms. The molecule has 2 aliphatic carbocycles. The topological polar surface area (TPSA) is 241 Å². The fraction of sp³-hybridized carbons (Fsp3) is 0.362. The first-order valence-electron chi connectivity index (χ1n) is 22.4. The first-order valence-corrected chi connectivity index (χ1v) is 26.4. The summed E-state index contributed by atoms with van der Waals surface area (Å²) in [6.07, 6.45) is 3.38. The molecule has 0 saturated heterocycles. The van der Waals surface area contributed by atoms with Crippen LogP contribution >= 0.6 is 45.8 Å². The predicted octanol–water partition coefficient (Wildman–Crippen LogP) is 8.52. The number of carbonyl (C=O) groups is 2. The Balaban J connectivity index is 0.000000306. The summed E-state index contributed by atoms with van der Waals surface area (Å²) in [5, 5.41) is 22.3. The first-order chi connectivity index (χ1) is 33.6. The third-order valence-corrected chi connectivity index (χ3v) is 16.4. The van der Waals surface area contributed by atoms with Crippen LogP contribution in [0.1, 0.15) is 77.5 Å². The number of sulfonamides is 2. The molecule has 17 nitrogen and oxygen atoms in total. The zero-order valence-electron chi connectivity index (χ0n) is 42.2. The molecule has 2 saturated carbocycles. The molecule has 2 aliphatic rings. The van der Waals surface area contributed by atoms with Gasteiger partial charge in [-0.25, -0.2) is 50.8 Å². The summed E-state index contributed by atoms with van der Waals surface area (Å²) < 4.78 is 74.1. The molecule has 1 amide bonds. The number of ether oxygens (including phenoxy) is 2. The van der Waals surface area contributed by atoms with E-state index in [1.165, 1.54) is 51.8 Å². The van der Waals surface area contributed by atoms with E-state index in [-0.39, 0.29) is 84.0 Å². The number of carboxylic acids is 1. The quantitative estimate of drug-likeness (QED) is 0.0426. The Kier molecular flexibility index (Phi) is 19.8. The maximum absolute atomic E-state index is 12.5. The molecule has 4 heterocycles. The number of hydrogen-bond donors (Lipinski definition) is 3. The van der Waals surface area contributed by atoms with Gasteiger partial charge in [0.1, 0.15) is 10.3 Å². The van der Waals surface area contributed by atoms with Crippen LogP contribution in [0.2, 0.25) is 10.3 Å². The number of carbonyl (C=O) groups excluding carboxylic acids is 1. The molecule has 2 fully saturated rings. The second kappa shape index (κ2) is 24.3. The van der Waals surface area contributed by atoms with E-state index in [2.05, 4.69) is 83.9 Å². The zero-order chi connectivity index (χ0) is 54.0. The summed E-state index contributed by atoms with van der Waals surface area (Å²) in [7, 11) is -3.78. The van der Waals surface area contributed by atoms with E-state index in [0.717, 1.165) is 0 Å². The van der Waals surface area contributed by atoms with Crippen molar-refractivity contribution in [2.75, 3.05) is 18.1 Å². The van der Waals surface area contributed by atoms with Gasteiger partial charge in [0.15, 0.2) is 11.6 Å². The van der Waals surface area contributed by atoms with Crippen molar-refractivity contribution in [1.82, 2.24) is 34.3 Å². The summed E-state index contributed by atoms with van der Waals surface area (Å²) in [4.78, 5) is 32.3. The van der Waals surface area contributed by atoms with Gasteiger partial charge in [0.05, 0.1) is 34.1 Å². The SMILES string of the molecule is CC1(C)C(COc2ccn(-c3ccc(C(=O)NS(=O)(=O)c4ccccc4)c(Cl)n3)n2)C1(C)C.CC1(C)C(COc2ccn(-c3ccc(C(=O)O)c(Cl)n3)n2)C1(C)C.NS(=O)(=O)c1ccccc1.[2H]CI.[2H][B].[U]. The average Bonchev–Trinajstić information content (AvgIpc) is 3.71. The third-order valence-electron chi connectivity index (χ3n) is 13.5. The summed E-state index contributed by atoms with van der Waals surface area (Å²) in [5.74, 6) is 0.706. The molecule has 0 bridgehead atoms. The number of primary sulfonamides is 1. The van der Waals surface area contributed by atoms with Crippen LogP contribution in [-0.2, 0) is 20.0 Å². The summed E-state index contributed by atoms with van der Waals surface area (Å²) in [5.41, 5.74) is 0.850. The van der Waals surface area contributed by atoms with Crippen LogP contribution in [0.5, 0.6) is 11.8 Å². The Morgan fingerprint density at radius 2 is 1.07 bits per heavy atom. The van der Waals surface area contributed by atoms with Crippen LogP contribution in [-0.4, -0.2) is 91.2 Å². The van der Waals surface area contributed by atoms with Gasteiger partial charge in [-0.3, -0.25) is 4.79 Å².